The molecule has 0 aliphatic heterocycles. The molecule has 0 saturated carbocycles. The van der Waals surface area contributed by atoms with Crippen LogP contribution < -0.4 is 15.4 Å². The summed E-state index contributed by atoms with van der Waals surface area (Å²) in [5.74, 6) is 1.23. The van der Waals surface area contributed by atoms with Crippen LogP contribution in [0.15, 0.2) is 34.9 Å². The molecule has 1 aromatic heterocycles. The molecule has 1 heterocycles. The number of carbonyl (C=O) groups is 1. The highest BCUT2D eigenvalue weighted by Crippen LogP contribution is 2.28. The van der Waals surface area contributed by atoms with Gasteiger partial charge in [-0.2, -0.15) is 0 Å². The van der Waals surface area contributed by atoms with Gasteiger partial charge in [0.25, 0.3) is 0 Å². The van der Waals surface area contributed by atoms with Crippen LogP contribution in [0.4, 0.5) is 4.79 Å². The second-order valence-electron chi connectivity index (χ2n) is 4.99. The van der Waals surface area contributed by atoms with E-state index in [0.717, 1.165) is 5.56 Å². The fourth-order valence-corrected chi connectivity index (χ4v) is 2.06. The molecule has 0 fully saturated rings. The molecule has 3 N–H and O–H groups in total. The Balaban J connectivity index is 1.96. The van der Waals surface area contributed by atoms with Gasteiger partial charge >= 0.3 is 6.03 Å². The summed E-state index contributed by atoms with van der Waals surface area (Å²) in [6.45, 7) is 2.00. The van der Waals surface area contributed by atoms with Gasteiger partial charge in [-0.25, -0.2) is 4.79 Å². The number of methoxy groups -OCH3 is 1. The predicted molar refractivity (Wildman–Crippen MR) is 85.0 cm³/mol. The van der Waals surface area contributed by atoms with Gasteiger partial charge in [0.2, 0.25) is 0 Å². The highest BCUT2D eigenvalue weighted by atomic mass is 16.5. The lowest BCUT2D eigenvalue weighted by Crippen LogP contribution is -2.43. The van der Waals surface area contributed by atoms with E-state index in [-0.39, 0.29) is 25.2 Å². The topological polar surface area (TPSA) is 96.6 Å². The van der Waals surface area contributed by atoms with Crippen LogP contribution in [0.1, 0.15) is 19.1 Å². The number of carbonyl (C=O) groups excluding carboxylic acids is 1. The van der Waals surface area contributed by atoms with Crippen molar-refractivity contribution in [2.45, 2.75) is 25.9 Å². The third-order valence-electron chi connectivity index (χ3n) is 3.41. The van der Waals surface area contributed by atoms with Crippen LogP contribution in [-0.2, 0) is 6.54 Å². The monoisotopic (exact) mass is 319 g/mol. The number of nitrogens with zero attached hydrogens (tertiary/aromatic N) is 1. The van der Waals surface area contributed by atoms with Gasteiger partial charge in [-0.05, 0) is 18.6 Å². The second kappa shape index (κ2) is 8.19. The molecule has 2 amide bonds. The molecule has 0 spiro atoms. The van der Waals surface area contributed by atoms with Gasteiger partial charge in [0.15, 0.2) is 5.76 Å². The normalized spacial score (nSPS) is 11.8. The average molecular weight is 319 g/mol. The summed E-state index contributed by atoms with van der Waals surface area (Å²) in [7, 11) is 1.59. The lowest BCUT2D eigenvalue weighted by molar-refractivity contribution is 0.213. The summed E-state index contributed by atoms with van der Waals surface area (Å²) >= 11 is 0. The maximum Gasteiger partial charge on any atom is 0.315 e. The number of nitrogens with one attached hydrogen (secondary N) is 2. The van der Waals surface area contributed by atoms with Gasteiger partial charge in [0.1, 0.15) is 11.4 Å². The molecule has 0 saturated heterocycles. The van der Waals surface area contributed by atoms with Crippen LogP contribution in [0, 0.1) is 0 Å². The Labute approximate surface area is 134 Å². The first-order valence-electron chi connectivity index (χ1n) is 7.42. The maximum atomic E-state index is 11.7. The van der Waals surface area contributed by atoms with Crippen LogP contribution in [0.2, 0.25) is 0 Å². The third kappa shape index (κ3) is 4.46. The number of benzene rings is 1. The largest absolute Gasteiger partial charge is 0.496 e. The van der Waals surface area contributed by atoms with Gasteiger partial charge < -0.3 is 25.0 Å². The number of aliphatic hydroxyl groups excluding tert-OH is 1. The number of hydrogen-bond acceptors (Lipinski definition) is 5. The fraction of sp³-hybridized carbons (Fsp3) is 0.375. The summed E-state index contributed by atoms with van der Waals surface area (Å²) in [5.41, 5.74) is 1.46. The molecule has 2 aromatic rings. The Morgan fingerprint density at radius 3 is 2.91 bits per heavy atom. The average Bonchev–Trinajstić information content (AvgIpc) is 3.06. The maximum absolute atomic E-state index is 11.7. The first kappa shape index (κ1) is 16.8. The SMILES string of the molecule is CCC(CO)NC(=O)NCc1cc(-c2ccccc2OC)no1. The minimum Gasteiger partial charge on any atom is -0.496 e. The minimum atomic E-state index is -0.360. The van der Waals surface area contributed by atoms with Crippen molar-refractivity contribution in [3.63, 3.8) is 0 Å². The molecule has 0 radical (unpaired) electrons. The molecule has 7 heteroatoms. The predicted octanol–water partition coefficient (Wildman–Crippen LogP) is 1.92. The number of amides is 2. The highest BCUT2D eigenvalue weighted by Gasteiger charge is 2.13. The van der Waals surface area contributed by atoms with Crippen molar-refractivity contribution in [3.8, 4) is 17.0 Å². The summed E-state index contributed by atoms with van der Waals surface area (Å²) in [6, 6.07) is 8.62. The second-order valence-corrected chi connectivity index (χ2v) is 4.99. The molecule has 124 valence electrons. The van der Waals surface area contributed by atoms with E-state index < -0.39 is 0 Å². The van der Waals surface area contributed by atoms with E-state index in [9.17, 15) is 4.79 Å². The zero-order valence-electron chi connectivity index (χ0n) is 13.2. The van der Waals surface area contributed by atoms with Gasteiger partial charge in [-0.1, -0.05) is 24.2 Å². The molecule has 0 bridgehead atoms. The minimum absolute atomic E-state index is 0.0931. The summed E-state index contributed by atoms with van der Waals surface area (Å²) in [6.07, 6.45) is 0.657. The number of para-hydroxylation sites is 1. The fourth-order valence-electron chi connectivity index (χ4n) is 2.06. The van der Waals surface area contributed by atoms with Crippen LogP contribution in [0.3, 0.4) is 0 Å². The van der Waals surface area contributed by atoms with E-state index in [4.69, 9.17) is 14.4 Å². The molecular weight excluding hydrogens is 298 g/mol. The van der Waals surface area contributed by atoms with E-state index in [1.54, 1.807) is 13.2 Å². The van der Waals surface area contributed by atoms with Crippen LogP contribution >= 0.6 is 0 Å². The Bertz CT molecular complexity index is 638. The van der Waals surface area contributed by atoms with E-state index in [1.807, 2.05) is 31.2 Å². The summed E-state index contributed by atoms with van der Waals surface area (Å²) in [5, 5.41) is 18.4. The number of rotatable bonds is 7. The van der Waals surface area contributed by atoms with Crippen molar-refractivity contribution < 1.29 is 19.2 Å². The first-order chi connectivity index (χ1) is 11.2. The quantitative estimate of drug-likeness (QED) is 0.724. The molecule has 1 unspecified atom stereocenters. The first-order valence-corrected chi connectivity index (χ1v) is 7.42. The molecule has 2 rings (SSSR count). The van der Waals surface area contributed by atoms with Crippen molar-refractivity contribution in [1.29, 1.82) is 0 Å². The lowest BCUT2D eigenvalue weighted by atomic mass is 10.1. The Morgan fingerprint density at radius 2 is 2.22 bits per heavy atom. The smallest absolute Gasteiger partial charge is 0.315 e. The van der Waals surface area contributed by atoms with Gasteiger partial charge in [0, 0.05) is 11.6 Å². The van der Waals surface area contributed by atoms with Crippen molar-refractivity contribution in [3.05, 3.63) is 36.1 Å². The lowest BCUT2D eigenvalue weighted by Gasteiger charge is -2.13. The van der Waals surface area contributed by atoms with Gasteiger partial charge in [-0.3, -0.25) is 0 Å². The van der Waals surface area contributed by atoms with Crippen LogP contribution in [0.5, 0.6) is 5.75 Å². The zero-order valence-corrected chi connectivity index (χ0v) is 13.2. The Kier molecular flexibility index (Phi) is 5.99. The Hall–Kier alpha value is -2.54. The van der Waals surface area contributed by atoms with Gasteiger partial charge in [-0.15, -0.1) is 0 Å². The number of aromatic nitrogens is 1. The van der Waals surface area contributed by atoms with Crippen molar-refractivity contribution in [1.82, 2.24) is 15.8 Å². The van der Waals surface area contributed by atoms with E-state index in [2.05, 4.69) is 15.8 Å². The molecule has 0 aliphatic rings. The van der Waals surface area contributed by atoms with E-state index >= 15 is 0 Å². The van der Waals surface area contributed by atoms with E-state index in [1.165, 1.54) is 0 Å². The van der Waals surface area contributed by atoms with Crippen LogP contribution in [0.25, 0.3) is 11.3 Å². The zero-order chi connectivity index (χ0) is 16.7. The molecule has 1 aromatic carbocycles. The number of urea groups is 1. The Morgan fingerprint density at radius 1 is 1.43 bits per heavy atom. The molecule has 23 heavy (non-hydrogen) atoms. The summed E-state index contributed by atoms with van der Waals surface area (Å²) < 4.78 is 10.5. The number of ether oxygens (including phenoxy) is 1. The summed E-state index contributed by atoms with van der Waals surface area (Å²) in [4.78, 5) is 11.7. The third-order valence-corrected chi connectivity index (χ3v) is 3.41. The van der Waals surface area contributed by atoms with E-state index in [0.29, 0.717) is 23.6 Å². The van der Waals surface area contributed by atoms with Gasteiger partial charge in [0.05, 0.1) is 26.3 Å². The van der Waals surface area contributed by atoms with Crippen molar-refractivity contribution >= 4 is 6.03 Å². The molecular formula is C16H21N3O4. The molecule has 1 atom stereocenters. The standard InChI is InChI=1S/C16H21N3O4/c1-3-11(10-20)18-16(21)17-9-12-8-14(19-23-12)13-6-4-5-7-15(13)22-2/h4-8,11,20H,3,9-10H2,1-2H3,(H2,17,18,21). The number of aliphatic hydroxyl groups is 1. The number of hydrogen-bond donors (Lipinski definition) is 3. The van der Waals surface area contributed by atoms with Crippen molar-refractivity contribution in [2.24, 2.45) is 0 Å². The van der Waals surface area contributed by atoms with Crippen LogP contribution in [-0.4, -0.2) is 36.1 Å². The highest BCUT2D eigenvalue weighted by molar-refractivity contribution is 5.74. The molecule has 0 aliphatic carbocycles. The molecule has 7 nitrogen and oxygen atoms in total. The van der Waals surface area contributed by atoms with Crippen molar-refractivity contribution in [2.75, 3.05) is 13.7 Å².